The fourth-order valence-electron chi connectivity index (χ4n) is 2.29. The zero-order valence-electron chi connectivity index (χ0n) is 14.0. The van der Waals surface area contributed by atoms with Gasteiger partial charge in [0.05, 0.1) is 9.77 Å². The number of sulfonamides is 1. The average Bonchev–Trinajstić information content (AvgIpc) is 3.14. The van der Waals surface area contributed by atoms with E-state index in [1.165, 1.54) is 22.8 Å². The Hall–Kier alpha value is -2.55. The second-order valence-electron chi connectivity index (χ2n) is 5.56. The Balaban J connectivity index is 1.74. The maximum Gasteiger partial charge on any atom is 0.266 e. The van der Waals surface area contributed by atoms with E-state index in [4.69, 9.17) is 0 Å². The normalized spacial score (nSPS) is 11.5. The van der Waals surface area contributed by atoms with Crippen LogP contribution in [0, 0.1) is 0 Å². The molecule has 26 heavy (non-hydrogen) atoms. The molecule has 0 aliphatic carbocycles. The molecule has 6 nitrogen and oxygen atoms in total. The van der Waals surface area contributed by atoms with Crippen LogP contribution in [0.5, 0.6) is 0 Å². The van der Waals surface area contributed by atoms with Gasteiger partial charge in [-0.3, -0.25) is 4.79 Å². The molecule has 0 atom stereocenters. The Kier molecular flexibility index (Phi) is 5.46. The molecule has 0 bridgehead atoms. The molecular weight excluding hydrogens is 370 g/mol. The van der Waals surface area contributed by atoms with Crippen LogP contribution in [0.1, 0.15) is 15.2 Å². The van der Waals surface area contributed by atoms with Crippen molar-refractivity contribution in [2.45, 2.75) is 11.4 Å². The van der Waals surface area contributed by atoms with Gasteiger partial charge in [-0.25, -0.2) is 13.4 Å². The number of amides is 1. The van der Waals surface area contributed by atoms with E-state index in [1.54, 1.807) is 24.4 Å². The van der Waals surface area contributed by atoms with Crippen LogP contribution in [0.25, 0.3) is 0 Å². The number of hydrogen-bond donors (Lipinski definition) is 1. The summed E-state index contributed by atoms with van der Waals surface area (Å²) >= 11 is 1.08. The van der Waals surface area contributed by atoms with Gasteiger partial charge in [0.2, 0.25) is 10.0 Å². The first-order valence-corrected chi connectivity index (χ1v) is 10.1. The van der Waals surface area contributed by atoms with Crippen molar-refractivity contribution >= 4 is 33.1 Å². The summed E-state index contributed by atoms with van der Waals surface area (Å²) < 4.78 is 26.7. The first-order valence-electron chi connectivity index (χ1n) is 7.78. The lowest BCUT2D eigenvalue weighted by atomic mass is 10.2. The number of pyridine rings is 1. The van der Waals surface area contributed by atoms with Crippen LogP contribution in [0.2, 0.25) is 0 Å². The number of aromatic nitrogens is 1. The van der Waals surface area contributed by atoms with Gasteiger partial charge in [-0.15, -0.1) is 11.3 Å². The van der Waals surface area contributed by atoms with Gasteiger partial charge in [0.15, 0.2) is 0 Å². The minimum absolute atomic E-state index is 0.104. The number of thiophene rings is 1. The van der Waals surface area contributed by atoms with Gasteiger partial charge in [-0.2, -0.15) is 4.31 Å². The molecule has 1 amide bonds. The van der Waals surface area contributed by atoms with Crippen LogP contribution in [0.3, 0.4) is 0 Å². The van der Waals surface area contributed by atoms with E-state index in [1.807, 2.05) is 30.3 Å². The molecule has 3 aromatic rings. The van der Waals surface area contributed by atoms with Crippen molar-refractivity contribution in [3.05, 3.63) is 76.6 Å². The summed E-state index contributed by atoms with van der Waals surface area (Å²) in [7, 11) is -2.15. The molecule has 1 aromatic carbocycles. The van der Waals surface area contributed by atoms with Crippen molar-refractivity contribution in [2.24, 2.45) is 0 Å². The number of anilines is 1. The standard InChI is InChI=1S/C18H17N3O3S2/c1-21(12-14-7-3-2-4-8-14)26(23,24)15-11-16(25-13-15)18(22)20-17-9-5-6-10-19-17/h2-11,13H,12H2,1H3,(H,19,20,22). The molecule has 134 valence electrons. The molecule has 0 radical (unpaired) electrons. The average molecular weight is 387 g/mol. The highest BCUT2D eigenvalue weighted by atomic mass is 32.2. The quantitative estimate of drug-likeness (QED) is 0.704. The second-order valence-corrected chi connectivity index (χ2v) is 8.52. The van der Waals surface area contributed by atoms with Crippen LogP contribution in [0.15, 0.2) is 71.1 Å². The molecule has 0 aliphatic rings. The zero-order chi connectivity index (χ0) is 18.6. The van der Waals surface area contributed by atoms with Crippen molar-refractivity contribution in [3.63, 3.8) is 0 Å². The third-order valence-corrected chi connectivity index (χ3v) is 6.52. The van der Waals surface area contributed by atoms with Crippen molar-refractivity contribution in [1.29, 1.82) is 0 Å². The summed E-state index contributed by atoms with van der Waals surface area (Å²) in [6.45, 7) is 0.258. The van der Waals surface area contributed by atoms with Crippen LogP contribution in [-0.2, 0) is 16.6 Å². The number of rotatable bonds is 6. The lowest BCUT2D eigenvalue weighted by molar-refractivity contribution is 0.103. The molecule has 0 saturated carbocycles. The monoisotopic (exact) mass is 387 g/mol. The van der Waals surface area contributed by atoms with Crippen molar-refractivity contribution in [1.82, 2.24) is 9.29 Å². The topological polar surface area (TPSA) is 79.4 Å². The Labute approximate surface area is 156 Å². The van der Waals surface area contributed by atoms with Gasteiger partial charge in [0.1, 0.15) is 5.82 Å². The molecular formula is C18H17N3O3S2. The Morgan fingerprint density at radius 2 is 1.88 bits per heavy atom. The van der Waals surface area contributed by atoms with Gasteiger partial charge in [0.25, 0.3) is 5.91 Å². The van der Waals surface area contributed by atoms with Crippen LogP contribution >= 0.6 is 11.3 Å². The highest BCUT2D eigenvalue weighted by Gasteiger charge is 2.24. The molecule has 2 aromatic heterocycles. The predicted molar refractivity (Wildman–Crippen MR) is 102 cm³/mol. The lowest BCUT2D eigenvalue weighted by Gasteiger charge is -2.16. The van der Waals surface area contributed by atoms with E-state index in [9.17, 15) is 13.2 Å². The van der Waals surface area contributed by atoms with E-state index in [0.717, 1.165) is 16.9 Å². The summed E-state index contributed by atoms with van der Waals surface area (Å²) in [5, 5.41) is 4.12. The summed E-state index contributed by atoms with van der Waals surface area (Å²) in [6, 6.07) is 15.9. The number of nitrogens with zero attached hydrogens (tertiary/aromatic N) is 2. The van der Waals surface area contributed by atoms with Crippen molar-refractivity contribution in [2.75, 3.05) is 12.4 Å². The molecule has 0 fully saturated rings. The largest absolute Gasteiger partial charge is 0.306 e. The van der Waals surface area contributed by atoms with Crippen LogP contribution in [-0.4, -0.2) is 30.7 Å². The van der Waals surface area contributed by atoms with E-state index in [-0.39, 0.29) is 17.3 Å². The van der Waals surface area contributed by atoms with E-state index >= 15 is 0 Å². The van der Waals surface area contributed by atoms with Gasteiger partial charge in [0, 0.05) is 25.2 Å². The van der Waals surface area contributed by atoms with Crippen LogP contribution in [0.4, 0.5) is 5.82 Å². The molecule has 0 saturated heterocycles. The molecule has 1 N–H and O–H groups in total. The van der Waals surface area contributed by atoms with Crippen molar-refractivity contribution < 1.29 is 13.2 Å². The zero-order valence-corrected chi connectivity index (χ0v) is 15.6. The summed E-state index contributed by atoms with van der Waals surface area (Å²) in [6.07, 6.45) is 1.57. The predicted octanol–water partition coefficient (Wildman–Crippen LogP) is 3.22. The maximum absolute atomic E-state index is 12.7. The number of nitrogens with one attached hydrogen (secondary N) is 1. The van der Waals surface area contributed by atoms with Gasteiger partial charge >= 0.3 is 0 Å². The number of carbonyl (C=O) groups excluding carboxylic acids is 1. The third-order valence-electron chi connectivity index (χ3n) is 3.66. The van der Waals surface area contributed by atoms with Crippen LogP contribution < -0.4 is 5.32 Å². The lowest BCUT2D eigenvalue weighted by Crippen LogP contribution is -2.26. The number of benzene rings is 1. The molecule has 0 unspecified atom stereocenters. The number of carbonyl (C=O) groups is 1. The molecule has 0 aliphatic heterocycles. The third kappa shape index (κ3) is 4.16. The SMILES string of the molecule is CN(Cc1ccccc1)S(=O)(=O)c1csc(C(=O)Nc2ccccn2)c1. The summed E-state index contributed by atoms with van der Waals surface area (Å²) in [5.41, 5.74) is 0.891. The number of hydrogen-bond acceptors (Lipinski definition) is 5. The maximum atomic E-state index is 12.7. The highest BCUT2D eigenvalue weighted by Crippen LogP contribution is 2.23. The molecule has 3 rings (SSSR count). The first kappa shape index (κ1) is 18.2. The Morgan fingerprint density at radius 3 is 2.58 bits per heavy atom. The van der Waals surface area contributed by atoms with Gasteiger partial charge < -0.3 is 5.32 Å². The minimum Gasteiger partial charge on any atom is -0.306 e. The summed E-state index contributed by atoms with van der Waals surface area (Å²) in [5.74, 6) is 0.0253. The first-order chi connectivity index (χ1) is 12.5. The molecule has 0 spiro atoms. The van der Waals surface area contributed by atoms with Gasteiger partial charge in [-0.1, -0.05) is 36.4 Å². The van der Waals surface area contributed by atoms with Gasteiger partial charge in [-0.05, 0) is 23.8 Å². The fraction of sp³-hybridized carbons (Fsp3) is 0.111. The van der Waals surface area contributed by atoms with E-state index in [0.29, 0.717) is 10.7 Å². The smallest absolute Gasteiger partial charge is 0.266 e. The minimum atomic E-state index is -3.67. The Bertz CT molecular complexity index is 987. The fourth-order valence-corrected chi connectivity index (χ4v) is 4.61. The second kappa shape index (κ2) is 7.77. The van der Waals surface area contributed by atoms with E-state index < -0.39 is 10.0 Å². The summed E-state index contributed by atoms with van der Waals surface area (Å²) in [4.78, 5) is 16.7. The highest BCUT2D eigenvalue weighted by molar-refractivity contribution is 7.89. The van der Waals surface area contributed by atoms with Crippen molar-refractivity contribution in [3.8, 4) is 0 Å². The molecule has 8 heteroatoms. The van der Waals surface area contributed by atoms with E-state index in [2.05, 4.69) is 10.3 Å². The Morgan fingerprint density at radius 1 is 1.15 bits per heavy atom. The molecule has 2 heterocycles.